The van der Waals surface area contributed by atoms with Crippen LogP contribution < -0.4 is 20.9 Å². The molecule has 0 saturated carbocycles. The van der Waals surface area contributed by atoms with Gasteiger partial charge in [0.15, 0.2) is 5.96 Å². The number of anilines is 2. The van der Waals surface area contributed by atoms with Gasteiger partial charge in [0.1, 0.15) is 0 Å². The predicted octanol–water partition coefficient (Wildman–Crippen LogP) is 4.07. The van der Waals surface area contributed by atoms with Gasteiger partial charge in [-0.2, -0.15) is 0 Å². The van der Waals surface area contributed by atoms with Crippen LogP contribution in [0.1, 0.15) is 38.7 Å². The summed E-state index contributed by atoms with van der Waals surface area (Å²) in [6, 6.07) is 12.7. The first-order valence-corrected chi connectivity index (χ1v) is 11.6. The highest BCUT2D eigenvalue weighted by Gasteiger charge is 2.20. The van der Waals surface area contributed by atoms with Crippen molar-refractivity contribution in [1.82, 2.24) is 10.6 Å². The number of rotatable bonds is 7. The molecule has 3 N–H and O–H groups in total. The van der Waals surface area contributed by atoms with E-state index < -0.39 is 0 Å². The lowest BCUT2D eigenvalue weighted by atomic mass is 10.1. The molecule has 162 valence electrons. The van der Waals surface area contributed by atoms with Gasteiger partial charge in [-0.3, -0.25) is 9.79 Å². The lowest BCUT2D eigenvalue weighted by Gasteiger charge is -2.33. The van der Waals surface area contributed by atoms with Crippen LogP contribution >= 0.6 is 11.3 Å². The van der Waals surface area contributed by atoms with Crippen molar-refractivity contribution in [2.24, 2.45) is 10.9 Å². The molecule has 0 bridgehead atoms. The number of carbonyl (C=O) groups excluding carboxylic acids is 1. The second-order valence-electron chi connectivity index (χ2n) is 7.78. The molecule has 2 heterocycles. The largest absolute Gasteiger partial charge is 0.363 e. The number of piperidine rings is 1. The highest BCUT2D eigenvalue weighted by atomic mass is 32.1. The van der Waals surface area contributed by atoms with E-state index in [9.17, 15) is 4.79 Å². The molecule has 6 nitrogen and oxygen atoms in total. The van der Waals surface area contributed by atoms with Crippen molar-refractivity contribution in [3.63, 3.8) is 0 Å². The molecular formula is C23H33N5OS. The maximum absolute atomic E-state index is 12.1. The van der Waals surface area contributed by atoms with E-state index in [2.05, 4.69) is 49.4 Å². The minimum atomic E-state index is 0.0149. The zero-order valence-electron chi connectivity index (χ0n) is 18.1. The number of nitrogens with zero attached hydrogens (tertiary/aromatic N) is 2. The Balaban J connectivity index is 1.46. The first-order chi connectivity index (χ1) is 14.6. The summed E-state index contributed by atoms with van der Waals surface area (Å²) in [5, 5.41) is 13.5. The number of amides is 1. The number of nitrogens with one attached hydrogen (secondary N) is 3. The van der Waals surface area contributed by atoms with Crippen molar-refractivity contribution in [1.29, 1.82) is 0 Å². The van der Waals surface area contributed by atoms with Gasteiger partial charge in [0.05, 0.1) is 5.00 Å². The van der Waals surface area contributed by atoms with Crippen LogP contribution in [0, 0.1) is 5.92 Å². The second kappa shape index (κ2) is 11.0. The molecule has 1 atom stereocenters. The normalized spacial score (nSPS) is 16.2. The highest BCUT2D eigenvalue weighted by molar-refractivity contribution is 7.14. The van der Waals surface area contributed by atoms with E-state index in [4.69, 9.17) is 0 Å². The van der Waals surface area contributed by atoms with Crippen molar-refractivity contribution in [3.8, 4) is 0 Å². The molecule has 0 radical (unpaired) electrons. The number of benzene rings is 1. The topological polar surface area (TPSA) is 68.8 Å². The molecule has 30 heavy (non-hydrogen) atoms. The molecule has 1 amide bonds. The van der Waals surface area contributed by atoms with Gasteiger partial charge in [0.25, 0.3) is 0 Å². The van der Waals surface area contributed by atoms with Crippen LogP contribution in [-0.4, -0.2) is 38.0 Å². The van der Waals surface area contributed by atoms with Gasteiger partial charge in [0.2, 0.25) is 5.91 Å². The number of thiophene rings is 1. The predicted molar refractivity (Wildman–Crippen MR) is 127 cm³/mol. The average molecular weight is 428 g/mol. The van der Waals surface area contributed by atoms with E-state index >= 15 is 0 Å². The second-order valence-corrected chi connectivity index (χ2v) is 8.71. The van der Waals surface area contributed by atoms with Crippen molar-refractivity contribution in [3.05, 3.63) is 47.3 Å². The molecule has 7 heteroatoms. The first kappa shape index (κ1) is 22.2. The molecule has 0 aliphatic carbocycles. The molecule has 1 fully saturated rings. The number of carbonyl (C=O) groups is 1. The number of hydrogen-bond acceptors (Lipinski definition) is 4. The van der Waals surface area contributed by atoms with Gasteiger partial charge in [-0.25, -0.2) is 0 Å². The minimum Gasteiger partial charge on any atom is -0.363 e. The first-order valence-electron chi connectivity index (χ1n) is 10.7. The zero-order valence-corrected chi connectivity index (χ0v) is 19.0. The van der Waals surface area contributed by atoms with Crippen LogP contribution in [0.3, 0.4) is 0 Å². The standard InChI is InChI=1S/C23H33N5OS/c1-4-17(2)22(29)26-20-8-5-7-18(15-20)16-25-23(24-3)27-19-10-12-28(13-11-19)21-9-6-14-30-21/h5-9,14-15,17,19H,4,10-13,16H2,1-3H3,(H,26,29)(H2,24,25,27). The molecule has 1 aromatic heterocycles. The third kappa shape index (κ3) is 6.23. The van der Waals surface area contributed by atoms with Crippen molar-refractivity contribution >= 4 is 33.9 Å². The summed E-state index contributed by atoms with van der Waals surface area (Å²) < 4.78 is 0. The zero-order chi connectivity index (χ0) is 21.3. The summed E-state index contributed by atoms with van der Waals surface area (Å²) in [6.45, 7) is 6.75. The van der Waals surface area contributed by atoms with Crippen LogP contribution in [-0.2, 0) is 11.3 Å². The molecule has 1 aromatic carbocycles. The van der Waals surface area contributed by atoms with Gasteiger partial charge in [-0.15, -0.1) is 11.3 Å². The van der Waals surface area contributed by atoms with E-state index in [0.717, 1.165) is 49.6 Å². The van der Waals surface area contributed by atoms with Crippen LogP contribution in [0.2, 0.25) is 0 Å². The average Bonchev–Trinajstić information content (AvgIpc) is 3.31. The fraction of sp³-hybridized carbons (Fsp3) is 0.478. The summed E-state index contributed by atoms with van der Waals surface area (Å²) >= 11 is 1.81. The quantitative estimate of drug-likeness (QED) is 0.460. The minimum absolute atomic E-state index is 0.0149. The molecule has 1 aliphatic heterocycles. The Morgan fingerprint density at radius 2 is 2.07 bits per heavy atom. The summed E-state index contributed by atoms with van der Waals surface area (Å²) in [5.41, 5.74) is 1.94. The maximum Gasteiger partial charge on any atom is 0.227 e. The van der Waals surface area contributed by atoms with E-state index in [1.54, 1.807) is 18.4 Å². The summed E-state index contributed by atoms with van der Waals surface area (Å²) in [6.07, 6.45) is 3.02. The fourth-order valence-electron chi connectivity index (χ4n) is 3.48. The smallest absolute Gasteiger partial charge is 0.227 e. The Kier molecular flexibility index (Phi) is 8.13. The van der Waals surface area contributed by atoms with Crippen LogP contribution in [0.15, 0.2) is 46.8 Å². The van der Waals surface area contributed by atoms with Gasteiger partial charge in [-0.05, 0) is 54.5 Å². The van der Waals surface area contributed by atoms with Gasteiger partial charge in [0, 0.05) is 44.3 Å². The number of guanidine groups is 1. The molecule has 1 aliphatic rings. The fourth-order valence-corrected chi connectivity index (χ4v) is 4.26. The summed E-state index contributed by atoms with van der Waals surface area (Å²) in [4.78, 5) is 19.0. The van der Waals surface area contributed by atoms with Crippen molar-refractivity contribution < 1.29 is 4.79 Å². The molecule has 1 unspecified atom stereocenters. The van der Waals surface area contributed by atoms with Gasteiger partial charge in [-0.1, -0.05) is 26.0 Å². The summed E-state index contributed by atoms with van der Waals surface area (Å²) in [7, 11) is 1.80. The third-order valence-electron chi connectivity index (χ3n) is 5.59. The Hall–Kier alpha value is -2.54. The van der Waals surface area contributed by atoms with Crippen molar-refractivity contribution in [2.45, 2.75) is 45.7 Å². The monoisotopic (exact) mass is 427 g/mol. The van der Waals surface area contributed by atoms with Crippen LogP contribution in [0.5, 0.6) is 0 Å². The number of aliphatic imine (C=N–C) groups is 1. The van der Waals surface area contributed by atoms with E-state index in [1.807, 2.05) is 32.0 Å². The molecule has 1 saturated heterocycles. The maximum atomic E-state index is 12.1. The number of hydrogen-bond donors (Lipinski definition) is 3. The van der Waals surface area contributed by atoms with E-state index in [1.165, 1.54) is 5.00 Å². The Morgan fingerprint density at radius 3 is 2.73 bits per heavy atom. The molecular weight excluding hydrogens is 394 g/mol. The molecule has 3 rings (SSSR count). The van der Waals surface area contributed by atoms with Crippen LogP contribution in [0.4, 0.5) is 10.7 Å². The lowest BCUT2D eigenvalue weighted by Crippen LogP contribution is -2.48. The van der Waals surface area contributed by atoms with Crippen molar-refractivity contribution in [2.75, 3.05) is 30.4 Å². The molecule has 0 spiro atoms. The third-order valence-corrected chi connectivity index (χ3v) is 6.52. The SMILES string of the molecule is CCC(C)C(=O)Nc1cccc(CNC(=NC)NC2CCN(c3cccs3)CC2)c1. The summed E-state index contributed by atoms with van der Waals surface area (Å²) in [5.74, 6) is 0.897. The molecule has 2 aromatic rings. The Labute approximate surface area is 183 Å². The lowest BCUT2D eigenvalue weighted by molar-refractivity contribution is -0.119. The van der Waals surface area contributed by atoms with Gasteiger partial charge < -0.3 is 20.9 Å². The van der Waals surface area contributed by atoms with E-state index in [-0.39, 0.29) is 11.8 Å². The van der Waals surface area contributed by atoms with Gasteiger partial charge >= 0.3 is 0 Å². The van der Waals surface area contributed by atoms with Crippen LogP contribution in [0.25, 0.3) is 0 Å². The van der Waals surface area contributed by atoms with E-state index in [0.29, 0.717) is 12.6 Å². The Bertz CT molecular complexity index is 828. The highest BCUT2D eigenvalue weighted by Crippen LogP contribution is 2.24. The Morgan fingerprint density at radius 1 is 1.27 bits per heavy atom.